The Labute approximate surface area is 157 Å². The molecule has 2 aliphatic heterocycles. The summed E-state index contributed by atoms with van der Waals surface area (Å²) in [5, 5.41) is 12.1. The maximum absolute atomic E-state index is 12.3. The standard InChI is InChI=1S/C21H30N4O/c22-15-20-7-4-12-25(17-20)21(26)23-11-8-18-9-13-24(14-10-18)16-19-5-2-1-3-6-19/h1-3,5-6,18,20H,4,7-14,16-17H2,(H,23,26). The van der Waals surface area contributed by atoms with Crippen molar-refractivity contribution in [2.45, 2.75) is 38.6 Å². The minimum Gasteiger partial charge on any atom is -0.338 e. The molecule has 3 rings (SSSR count). The van der Waals surface area contributed by atoms with Gasteiger partial charge >= 0.3 is 6.03 Å². The second kappa shape index (κ2) is 9.59. The Kier molecular flexibility index (Phi) is 6.90. The lowest BCUT2D eigenvalue weighted by atomic mass is 9.93. The summed E-state index contributed by atoms with van der Waals surface area (Å²) < 4.78 is 0. The number of urea groups is 1. The Bertz CT molecular complexity index is 604. The minimum atomic E-state index is 0.00319. The van der Waals surface area contributed by atoms with Gasteiger partial charge in [-0.1, -0.05) is 30.3 Å². The van der Waals surface area contributed by atoms with Gasteiger partial charge in [0, 0.05) is 26.2 Å². The van der Waals surface area contributed by atoms with E-state index in [0.717, 1.165) is 52.0 Å². The molecule has 0 aliphatic carbocycles. The Morgan fingerprint density at radius 1 is 1.15 bits per heavy atom. The van der Waals surface area contributed by atoms with E-state index in [4.69, 9.17) is 5.26 Å². The molecule has 0 bridgehead atoms. The Hall–Kier alpha value is -2.06. The van der Waals surface area contributed by atoms with Crippen LogP contribution in [0.3, 0.4) is 0 Å². The van der Waals surface area contributed by atoms with Crippen molar-refractivity contribution in [3.8, 4) is 6.07 Å². The van der Waals surface area contributed by atoms with Crippen LogP contribution < -0.4 is 5.32 Å². The molecule has 0 radical (unpaired) electrons. The van der Waals surface area contributed by atoms with Crippen molar-refractivity contribution in [1.29, 1.82) is 5.26 Å². The molecule has 5 heteroatoms. The third kappa shape index (κ3) is 5.47. The minimum absolute atomic E-state index is 0.00319. The average Bonchev–Trinajstić information content (AvgIpc) is 2.70. The van der Waals surface area contributed by atoms with Crippen molar-refractivity contribution < 1.29 is 4.79 Å². The topological polar surface area (TPSA) is 59.4 Å². The van der Waals surface area contributed by atoms with Gasteiger partial charge in [0.25, 0.3) is 0 Å². The summed E-state index contributed by atoms with van der Waals surface area (Å²) in [6.07, 6.45) is 5.33. The number of benzene rings is 1. The van der Waals surface area contributed by atoms with Gasteiger partial charge in [-0.05, 0) is 56.7 Å². The molecule has 1 atom stereocenters. The molecule has 0 spiro atoms. The van der Waals surface area contributed by atoms with Gasteiger partial charge in [0.05, 0.1) is 12.0 Å². The van der Waals surface area contributed by atoms with E-state index >= 15 is 0 Å². The van der Waals surface area contributed by atoms with E-state index in [1.165, 1.54) is 18.4 Å². The van der Waals surface area contributed by atoms with Crippen LogP contribution in [-0.4, -0.2) is 48.6 Å². The monoisotopic (exact) mass is 354 g/mol. The fourth-order valence-corrected chi connectivity index (χ4v) is 4.04. The van der Waals surface area contributed by atoms with Crippen LogP contribution in [0, 0.1) is 23.2 Å². The highest BCUT2D eigenvalue weighted by atomic mass is 16.2. The highest BCUT2D eigenvalue weighted by Gasteiger charge is 2.24. The largest absolute Gasteiger partial charge is 0.338 e. The van der Waals surface area contributed by atoms with Gasteiger partial charge in [0.1, 0.15) is 0 Å². The number of carbonyl (C=O) groups is 1. The van der Waals surface area contributed by atoms with E-state index in [2.05, 4.69) is 46.6 Å². The number of amides is 2. The van der Waals surface area contributed by atoms with E-state index in [1.54, 1.807) is 4.90 Å². The van der Waals surface area contributed by atoms with Crippen molar-refractivity contribution in [3.63, 3.8) is 0 Å². The molecule has 0 saturated carbocycles. The molecular formula is C21H30N4O. The fraction of sp³-hybridized carbons (Fsp3) is 0.619. The van der Waals surface area contributed by atoms with E-state index < -0.39 is 0 Å². The third-order valence-electron chi connectivity index (χ3n) is 5.68. The first kappa shape index (κ1) is 18.7. The van der Waals surface area contributed by atoms with E-state index in [0.29, 0.717) is 12.5 Å². The highest BCUT2D eigenvalue weighted by Crippen LogP contribution is 2.21. The lowest BCUT2D eigenvalue weighted by molar-refractivity contribution is 0.165. The molecule has 1 aromatic rings. The van der Waals surface area contributed by atoms with Gasteiger partial charge in [-0.2, -0.15) is 5.26 Å². The third-order valence-corrected chi connectivity index (χ3v) is 5.68. The summed E-state index contributed by atoms with van der Waals surface area (Å²) in [4.78, 5) is 16.6. The number of rotatable bonds is 5. The SMILES string of the molecule is N#CC1CCCN(C(=O)NCCC2CCN(Cc3ccccc3)CC2)C1. The summed E-state index contributed by atoms with van der Waals surface area (Å²) >= 11 is 0. The normalized spacial score (nSPS) is 22.0. The zero-order valence-corrected chi connectivity index (χ0v) is 15.6. The number of nitrogens with zero attached hydrogens (tertiary/aromatic N) is 3. The van der Waals surface area contributed by atoms with Gasteiger partial charge in [0.2, 0.25) is 0 Å². The molecule has 2 aliphatic rings. The first-order valence-electron chi connectivity index (χ1n) is 9.93. The highest BCUT2D eigenvalue weighted by molar-refractivity contribution is 5.74. The van der Waals surface area contributed by atoms with Crippen molar-refractivity contribution in [2.24, 2.45) is 11.8 Å². The average molecular weight is 354 g/mol. The molecule has 2 heterocycles. The zero-order chi connectivity index (χ0) is 18.2. The van der Waals surface area contributed by atoms with Crippen LogP contribution in [0.1, 0.15) is 37.7 Å². The van der Waals surface area contributed by atoms with Crippen LogP contribution in [0.15, 0.2) is 30.3 Å². The quantitative estimate of drug-likeness (QED) is 0.883. The van der Waals surface area contributed by atoms with Crippen LogP contribution in [0.25, 0.3) is 0 Å². The fourth-order valence-electron chi connectivity index (χ4n) is 4.04. The molecule has 2 amide bonds. The Morgan fingerprint density at radius 2 is 1.92 bits per heavy atom. The van der Waals surface area contributed by atoms with Crippen LogP contribution in [0.5, 0.6) is 0 Å². The van der Waals surface area contributed by atoms with Gasteiger partial charge in [-0.15, -0.1) is 0 Å². The molecule has 2 fully saturated rings. The maximum atomic E-state index is 12.3. The Morgan fingerprint density at radius 3 is 2.65 bits per heavy atom. The summed E-state index contributed by atoms with van der Waals surface area (Å²) in [6, 6.07) is 13.0. The second-order valence-corrected chi connectivity index (χ2v) is 7.64. The molecular weight excluding hydrogens is 324 g/mol. The number of piperidine rings is 2. The summed E-state index contributed by atoms with van der Waals surface area (Å²) in [5.74, 6) is 0.707. The Balaban J connectivity index is 1.31. The van der Waals surface area contributed by atoms with Gasteiger partial charge in [0.15, 0.2) is 0 Å². The smallest absolute Gasteiger partial charge is 0.317 e. The number of likely N-dealkylation sites (tertiary alicyclic amines) is 2. The predicted octanol–water partition coefficient (Wildman–Crippen LogP) is 3.23. The van der Waals surface area contributed by atoms with E-state index in [9.17, 15) is 4.79 Å². The van der Waals surface area contributed by atoms with Crippen molar-refractivity contribution in [1.82, 2.24) is 15.1 Å². The molecule has 0 aromatic heterocycles. The maximum Gasteiger partial charge on any atom is 0.317 e. The molecule has 26 heavy (non-hydrogen) atoms. The molecule has 140 valence electrons. The van der Waals surface area contributed by atoms with Crippen LogP contribution in [-0.2, 0) is 6.54 Å². The van der Waals surface area contributed by atoms with Crippen molar-refractivity contribution in [2.75, 3.05) is 32.7 Å². The zero-order valence-electron chi connectivity index (χ0n) is 15.6. The second-order valence-electron chi connectivity index (χ2n) is 7.64. The molecule has 2 saturated heterocycles. The molecule has 1 aromatic carbocycles. The van der Waals surface area contributed by atoms with Crippen LogP contribution in [0.4, 0.5) is 4.79 Å². The van der Waals surface area contributed by atoms with E-state index in [-0.39, 0.29) is 11.9 Å². The van der Waals surface area contributed by atoms with Gasteiger partial charge < -0.3 is 10.2 Å². The van der Waals surface area contributed by atoms with Gasteiger partial charge in [-0.3, -0.25) is 4.90 Å². The van der Waals surface area contributed by atoms with Crippen molar-refractivity contribution >= 4 is 6.03 Å². The van der Waals surface area contributed by atoms with E-state index in [1.807, 2.05) is 0 Å². The van der Waals surface area contributed by atoms with Crippen molar-refractivity contribution in [3.05, 3.63) is 35.9 Å². The number of carbonyl (C=O) groups excluding carboxylic acids is 1. The molecule has 1 unspecified atom stereocenters. The lowest BCUT2D eigenvalue weighted by Gasteiger charge is -2.32. The van der Waals surface area contributed by atoms with Crippen LogP contribution >= 0.6 is 0 Å². The number of nitriles is 1. The van der Waals surface area contributed by atoms with Gasteiger partial charge in [-0.25, -0.2) is 4.79 Å². The first-order chi connectivity index (χ1) is 12.7. The predicted molar refractivity (Wildman–Crippen MR) is 102 cm³/mol. The number of hydrogen-bond acceptors (Lipinski definition) is 3. The van der Waals surface area contributed by atoms with Crippen LogP contribution in [0.2, 0.25) is 0 Å². The first-order valence-corrected chi connectivity index (χ1v) is 9.93. The summed E-state index contributed by atoms with van der Waals surface area (Å²) in [7, 11) is 0. The number of hydrogen-bond donors (Lipinski definition) is 1. The lowest BCUT2D eigenvalue weighted by Crippen LogP contribution is -2.45. The summed E-state index contributed by atoms with van der Waals surface area (Å²) in [5.41, 5.74) is 1.38. The number of nitrogens with one attached hydrogen (secondary N) is 1. The molecule has 5 nitrogen and oxygen atoms in total. The molecule has 1 N–H and O–H groups in total. The summed E-state index contributed by atoms with van der Waals surface area (Å²) in [6.45, 7) is 5.43.